The Morgan fingerprint density at radius 1 is 1.25 bits per heavy atom. The van der Waals surface area contributed by atoms with Crippen molar-refractivity contribution in [3.05, 3.63) is 39.4 Å². The Labute approximate surface area is 175 Å². The first-order valence-electron chi connectivity index (χ1n) is 9.81. The molecule has 0 bridgehead atoms. The minimum Gasteiger partial charge on any atom is -0.346 e. The Kier molecular flexibility index (Phi) is 5.75. The summed E-state index contributed by atoms with van der Waals surface area (Å²) in [4.78, 5) is 25.6. The number of carbonyl (C=O) groups excluding carboxylic acids is 1. The highest BCUT2D eigenvalue weighted by Crippen LogP contribution is 2.31. The lowest BCUT2D eigenvalue weighted by atomic mass is 10.2. The minimum absolute atomic E-state index is 0.0671. The van der Waals surface area contributed by atoms with Crippen molar-refractivity contribution in [3.8, 4) is 0 Å². The van der Waals surface area contributed by atoms with Crippen LogP contribution >= 0.6 is 22.9 Å². The predicted molar refractivity (Wildman–Crippen MR) is 116 cm³/mol. The van der Waals surface area contributed by atoms with Crippen LogP contribution < -0.4 is 10.2 Å². The average Bonchev–Trinajstić information content (AvgIpc) is 3.13. The zero-order valence-corrected chi connectivity index (χ0v) is 17.9. The number of aromatic nitrogens is 1. The fourth-order valence-electron chi connectivity index (χ4n) is 3.71. The van der Waals surface area contributed by atoms with Crippen LogP contribution in [0.25, 0.3) is 0 Å². The van der Waals surface area contributed by atoms with Gasteiger partial charge >= 0.3 is 6.03 Å². The smallest absolute Gasteiger partial charge is 0.322 e. The van der Waals surface area contributed by atoms with Crippen molar-refractivity contribution in [3.63, 3.8) is 0 Å². The number of piperazine rings is 1. The number of fused-ring (bicyclic) bond motifs is 1. The molecule has 28 heavy (non-hydrogen) atoms. The van der Waals surface area contributed by atoms with Crippen molar-refractivity contribution in [2.45, 2.75) is 26.8 Å². The van der Waals surface area contributed by atoms with E-state index < -0.39 is 0 Å². The Hall–Kier alpha value is -1.83. The van der Waals surface area contributed by atoms with E-state index in [0.29, 0.717) is 18.1 Å². The zero-order valence-electron chi connectivity index (χ0n) is 16.4. The molecule has 150 valence electrons. The Morgan fingerprint density at radius 3 is 2.75 bits per heavy atom. The molecule has 1 aromatic heterocycles. The lowest BCUT2D eigenvalue weighted by molar-refractivity contribution is 0.207. The van der Waals surface area contributed by atoms with Crippen molar-refractivity contribution in [1.29, 1.82) is 0 Å². The van der Waals surface area contributed by atoms with Gasteiger partial charge in [-0.15, -0.1) is 0 Å². The van der Waals surface area contributed by atoms with Crippen LogP contribution in [0.5, 0.6) is 0 Å². The van der Waals surface area contributed by atoms with Gasteiger partial charge in [-0.2, -0.15) is 0 Å². The van der Waals surface area contributed by atoms with E-state index in [0.717, 1.165) is 61.2 Å². The summed E-state index contributed by atoms with van der Waals surface area (Å²) in [5, 5.41) is 4.80. The summed E-state index contributed by atoms with van der Waals surface area (Å²) in [6.07, 6.45) is 0.813. The number of aryl methyl sites for hydroxylation is 1. The third-order valence-corrected chi connectivity index (χ3v) is 6.91. The van der Waals surface area contributed by atoms with Gasteiger partial charge in [-0.05, 0) is 37.2 Å². The summed E-state index contributed by atoms with van der Waals surface area (Å²) in [7, 11) is 0. The number of nitrogens with one attached hydrogen (secondary N) is 1. The van der Waals surface area contributed by atoms with E-state index in [9.17, 15) is 4.79 Å². The first-order chi connectivity index (χ1) is 13.5. The fourth-order valence-corrected chi connectivity index (χ4v) is 5.11. The number of hydrogen-bond acceptors (Lipinski definition) is 5. The number of hydrogen-bond donors (Lipinski definition) is 1. The van der Waals surface area contributed by atoms with E-state index in [1.54, 1.807) is 17.4 Å². The van der Waals surface area contributed by atoms with Gasteiger partial charge in [0.2, 0.25) is 0 Å². The maximum atomic E-state index is 12.7. The second kappa shape index (κ2) is 8.27. The summed E-state index contributed by atoms with van der Waals surface area (Å²) in [5.41, 5.74) is 2.92. The van der Waals surface area contributed by atoms with Gasteiger partial charge in [0.15, 0.2) is 5.13 Å². The van der Waals surface area contributed by atoms with E-state index in [1.165, 1.54) is 4.88 Å². The van der Waals surface area contributed by atoms with Crippen molar-refractivity contribution in [2.75, 3.05) is 49.5 Å². The molecule has 2 amide bonds. The van der Waals surface area contributed by atoms with Crippen molar-refractivity contribution >= 4 is 39.8 Å². The van der Waals surface area contributed by atoms with E-state index in [4.69, 9.17) is 16.6 Å². The lowest BCUT2D eigenvalue weighted by Gasteiger charge is -2.33. The van der Waals surface area contributed by atoms with Gasteiger partial charge in [0.05, 0.1) is 12.2 Å². The fraction of sp³-hybridized carbons (Fsp3) is 0.500. The molecule has 6 nitrogen and oxygen atoms in total. The molecular weight excluding hydrogens is 394 g/mol. The van der Waals surface area contributed by atoms with Crippen LogP contribution in [-0.2, 0) is 13.0 Å². The largest absolute Gasteiger partial charge is 0.346 e. The quantitative estimate of drug-likeness (QED) is 0.821. The van der Waals surface area contributed by atoms with Gasteiger partial charge < -0.3 is 20.0 Å². The Balaban J connectivity index is 1.40. The Bertz CT molecular complexity index is 862. The number of thiazole rings is 1. The van der Waals surface area contributed by atoms with Crippen LogP contribution in [0.4, 0.5) is 15.6 Å². The van der Waals surface area contributed by atoms with E-state index in [2.05, 4.69) is 22.0 Å². The summed E-state index contributed by atoms with van der Waals surface area (Å²) in [5.74, 6) is 0. The number of carbonyl (C=O) groups is 1. The molecule has 0 atom stereocenters. The molecule has 3 heterocycles. The zero-order chi connectivity index (χ0) is 19.7. The number of urea groups is 1. The number of rotatable bonds is 3. The van der Waals surface area contributed by atoms with Crippen LogP contribution in [0, 0.1) is 6.92 Å². The van der Waals surface area contributed by atoms with Crippen LogP contribution in [0.1, 0.15) is 23.1 Å². The highest BCUT2D eigenvalue weighted by atomic mass is 35.5. The molecule has 1 aromatic carbocycles. The van der Waals surface area contributed by atoms with Gasteiger partial charge in [0.25, 0.3) is 0 Å². The van der Waals surface area contributed by atoms with Crippen LogP contribution in [0.3, 0.4) is 0 Å². The third-order valence-electron chi connectivity index (χ3n) is 5.53. The molecule has 0 aliphatic carbocycles. The second-order valence-electron chi connectivity index (χ2n) is 7.35. The lowest BCUT2D eigenvalue weighted by Crippen LogP contribution is -2.46. The predicted octanol–water partition coefficient (Wildman–Crippen LogP) is 3.84. The molecule has 1 N–H and O–H groups in total. The van der Waals surface area contributed by atoms with Gasteiger partial charge in [-0.3, -0.25) is 0 Å². The normalized spacial score (nSPS) is 17.5. The monoisotopic (exact) mass is 419 g/mol. The molecule has 1 saturated heterocycles. The summed E-state index contributed by atoms with van der Waals surface area (Å²) in [6, 6.07) is 5.44. The number of amides is 2. The maximum absolute atomic E-state index is 12.7. The van der Waals surface area contributed by atoms with Crippen molar-refractivity contribution in [2.24, 2.45) is 0 Å². The standard InChI is InChI=1S/C20H26ClN5OS/c1-3-24-8-10-25(11-9-24)20-23-17-6-7-26(13-18(17)28-20)19(27)22-16-5-4-15(21)12-14(16)2/h4-5,12H,3,6-11,13H2,1-2H3,(H,22,27). The average molecular weight is 420 g/mol. The highest BCUT2D eigenvalue weighted by Gasteiger charge is 2.27. The second-order valence-corrected chi connectivity index (χ2v) is 8.85. The summed E-state index contributed by atoms with van der Waals surface area (Å²) in [6.45, 7) is 10.8. The Morgan fingerprint density at radius 2 is 2.04 bits per heavy atom. The van der Waals surface area contributed by atoms with Gasteiger partial charge in [0, 0.05) is 54.7 Å². The van der Waals surface area contributed by atoms with Crippen LogP contribution in [0.2, 0.25) is 5.02 Å². The molecule has 2 aliphatic rings. The van der Waals surface area contributed by atoms with Gasteiger partial charge in [-0.1, -0.05) is 29.9 Å². The molecule has 0 spiro atoms. The van der Waals surface area contributed by atoms with Crippen LogP contribution in [0.15, 0.2) is 18.2 Å². The maximum Gasteiger partial charge on any atom is 0.322 e. The molecular formula is C20H26ClN5OS. The minimum atomic E-state index is -0.0671. The molecule has 8 heteroatoms. The van der Waals surface area contributed by atoms with E-state index in [1.807, 2.05) is 24.0 Å². The molecule has 4 rings (SSSR count). The van der Waals surface area contributed by atoms with Crippen LogP contribution in [-0.4, -0.2) is 60.1 Å². The van der Waals surface area contributed by atoms with Crippen molar-refractivity contribution < 1.29 is 4.79 Å². The highest BCUT2D eigenvalue weighted by molar-refractivity contribution is 7.15. The van der Waals surface area contributed by atoms with Gasteiger partial charge in [-0.25, -0.2) is 9.78 Å². The van der Waals surface area contributed by atoms with Crippen molar-refractivity contribution in [1.82, 2.24) is 14.8 Å². The molecule has 0 saturated carbocycles. The first kappa shape index (κ1) is 19.5. The van der Waals surface area contributed by atoms with Gasteiger partial charge in [0.1, 0.15) is 0 Å². The number of nitrogens with zero attached hydrogens (tertiary/aromatic N) is 4. The molecule has 0 unspecified atom stereocenters. The topological polar surface area (TPSA) is 51.7 Å². The molecule has 0 radical (unpaired) electrons. The SMILES string of the molecule is CCN1CCN(c2nc3c(s2)CN(C(=O)Nc2ccc(Cl)cc2C)CC3)CC1. The first-order valence-corrected chi connectivity index (χ1v) is 11.0. The number of halogens is 1. The summed E-state index contributed by atoms with van der Waals surface area (Å²) < 4.78 is 0. The summed E-state index contributed by atoms with van der Waals surface area (Å²) >= 11 is 7.75. The van der Waals surface area contributed by atoms with E-state index >= 15 is 0 Å². The molecule has 2 aliphatic heterocycles. The number of likely N-dealkylation sites (N-methyl/N-ethyl adjacent to an activating group) is 1. The van der Waals surface area contributed by atoms with E-state index in [-0.39, 0.29) is 6.03 Å². The molecule has 1 fully saturated rings. The number of anilines is 2. The number of benzene rings is 1. The third kappa shape index (κ3) is 4.11. The molecule has 2 aromatic rings.